The Hall–Kier alpha value is -2.44. The zero-order valence-electron chi connectivity index (χ0n) is 11.0. The van der Waals surface area contributed by atoms with E-state index in [-0.39, 0.29) is 11.5 Å². The third kappa shape index (κ3) is 2.11. The summed E-state index contributed by atoms with van der Waals surface area (Å²) in [5.41, 5.74) is 0.243. The van der Waals surface area contributed by atoms with Gasteiger partial charge in [0.05, 0.1) is 18.3 Å². The normalized spacial score (nSPS) is 14.0. The van der Waals surface area contributed by atoms with Crippen LogP contribution in [0.25, 0.3) is 0 Å². The summed E-state index contributed by atoms with van der Waals surface area (Å²) in [4.78, 5) is 22.3. The van der Waals surface area contributed by atoms with Gasteiger partial charge >= 0.3 is 0 Å². The molecule has 0 atom stereocenters. The van der Waals surface area contributed by atoms with Gasteiger partial charge in [-0.05, 0) is 6.07 Å². The second kappa shape index (κ2) is 4.92. The molecule has 104 valence electrons. The number of rotatable bonds is 2. The molecule has 1 amide bonds. The Balaban J connectivity index is 1.88. The van der Waals surface area contributed by atoms with E-state index in [1.54, 1.807) is 18.1 Å². The van der Waals surface area contributed by atoms with Gasteiger partial charge in [-0.2, -0.15) is 0 Å². The van der Waals surface area contributed by atoms with Crippen molar-refractivity contribution in [2.45, 2.75) is 13.1 Å². The highest BCUT2D eigenvalue weighted by Crippen LogP contribution is 2.19. The zero-order chi connectivity index (χ0) is 14.1. The molecule has 0 fully saturated rings. The first kappa shape index (κ1) is 12.6. The van der Waals surface area contributed by atoms with Gasteiger partial charge in [-0.3, -0.25) is 4.79 Å². The summed E-state index contributed by atoms with van der Waals surface area (Å²) in [6, 6.07) is 1.21. The fourth-order valence-electron chi connectivity index (χ4n) is 2.32. The van der Waals surface area contributed by atoms with Gasteiger partial charge < -0.3 is 14.8 Å². The Morgan fingerprint density at radius 2 is 2.25 bits per heavy atom. The van der Waals surface area contributed by atoms with Crippen LogP contribution < -0.4 is 5.32 Å². The van der Waals surface area contributed by atoms with Crippen molar-refractivity contribution in [1.82, 2.24) is 19.4 Å². The lowest BCUT2D eigenvalue weighted by Crippen LogP contribution is -2.38. The number of nitrogens with one attached hydrogen (secondary N) is 1. The van der Waals surface area contributed by atoms with Crippen LogP contribution >= 0.6 is 0 Å². The third-order valence-corrected chi connectivity index (χ3v) is 3.35. The zero-order valence-corrected chi connectivity index (χ0v) is 11.0. The van der Waals surface area contributed by atoms with Crippen LogP contribution in [0.3, 0.4) is 0 Å². The summed E-state index contributed by atoms with van der Waals surface area (Å²) in [5, 5.41) is 2.81. The van der Waals surface area contributed by atoms with Crippen molar-refractivity contribution < 1.29 is 9.18 Å². The number of hydrogen-bond donors (Lipinski definition) is 1. The molecule has 20 heavy (non-hydrogen) atoms. The van der Waals surface area contributed by atoms with Crippen LogP contribution in [0.5, 0.6) is 0 Å². The van der Waals surface area contributed by atoms with Gasteiger partial charge in [0.25, 0.3) is 5.91 Å². The maximum atomic E-state index is 13.3. The lowest BCUT2D eigenvalue weighted by Gasteiger charge is -2.28. The fraction of sp³-hybridized carbons (Fsp3) is 0.308. The summed E-state index contributed by atoms with van der Waals surface area (Å²) < 4.78 is 15.3. The van der Waals surface area contributed by atoms with Gasteiger partial charge in [0.2, 0.25) is 0 Å². The largest absolute Gasteiger partial charge is 0.372 e. The quantitative estimate of drug-likeness (QED) is 0.892. The topological polar surface area (TPSA) is 63.1 Å². The smallest absolute Gasteiger partial charge is 0.258 e. The van der Waals surface area contributed by atoms with E-state index in [4.69, 9.17) is 0 Å². The van der Waals surface area contributed by atoms with Crippen LogP contribution in [0.2, 0.25) is 0 Å². The third-order valence-electron chi connectivity index (χ3n) is 3.35. The van der Waals surface area contributed by atoms with Gasteiger partial charge in [-0.25, -0.2) is 14.4 Å². The molecule has 0 bridgehead atoms. The molecule has 1 N–H and O–H groups in total. The monoisotopic (exact) mass is 275 g/mol. The molecule has 0 aromatic carbocycles. The number of imidazole rings is 1. The average molecular weight is 275 g/mol. The van der Waals surface area contributed by atoms with Gasteiger partial charge in [-0.1, -0.05) is 0 Å². The predicted molar refractivity (Wildman–Crippen MR) is 70.7 cm³/mol. The molecule has 2 aromatic heterocycles. The van der Waals surface area contributed by atoms with Crippen LogP contribution in [0.4, 0.5) is 10.2 Å². The van der Waals surface area contributed by atoms with Crippen molar-refractivity contribution in [3.05, 3.63) is 41.9 Å². The molecule has 0 radical (unpaired) electrons. The highest BCUT2D eigenvalue weighted by Gasteiger charge is 2.24. The van der Waals surface area contributed by atoms with Crippen molar-refractivity contribution in [2.24, 2.45) is 0 Å². The number of halogens is 1. The minimum absolute atomic E-state index is 0.240. The first-order valence-electron chi connectivity index (χ1n) is 6.31. The van der Waals surface area contributed by atoms with Crippen LogP contribution in [-0.4, -0.2) is 38.9 Å². The summed E-state index contributed by atoms with van der Waals surface area (Å²) >= 11 is 0. The van der Waals surface area contributed by atoms with Crippen molar-refractivity contribution in [1.29, 1.82) is 0 Å². The lowest BCUT2D eigenvalue weighted by molar-refractivity contribution is 0.0707. The molecular weight excluding hydrogens is 261 g/mol. The van der Waals surface area contributed by atoms with Crippen molar-refractivity contribution in [2.75, 3.05) is 18.9 Å². The predicted octanol–water partition coefficient (Wildman–Crippen LogP) is 1.11. The van der Waals surface area contributed by atoms with Gasteiger partial charge in [0.15, 0.2) is 0 Å². The van der Waals surface area contributed by atoms with E-state index in [9.17, 15) is 9.18 Å². The van der Waals surface area contributed by atoms with Crippen molar-refractivity contribution >= 4 is 11.7 Å². The van der Waals surface area contributed by atoms with E-state index in [1.165, 1.54) is 6.07 Å². The second-order valence-electron chi connectivity index (χ2n) is 4.56. The standard InChI is InChI=1S/C13H14FN5O/c1-15-12-10(6-9(14)7-17-12)13(20)19-5-4-18-3-2-16-11(18)8-19/h2-3,6-7H,4-5,8H2,1H3,(H,15,17). The fourth-order valence-corrected chi connectivity index (χ4v) is 2.32. The Morgan fingerprint density at radius 3 is 3.05 bits per heavy atom. The summed E-state index contributed by atoms with van der Waals surface area (Å²) in [6.45, 7) is 1.69. The number of pyridine rings is 1. The molecular formula is C13H14FN5O. The minimum Gasteiger partial charge on any atom is -0.372 e. The molecule has 0 saturated carbocycles. The van der Waals surface area contributed by atoms with E-state index in [2.05, 4.69) is 15.3 Å². The van der Waals surface area contributed by atoms with Crippen LogP contribution in [-0.2, 0) is 13.1 Å². The van der Waals surface area contributed by atoms with E-state index in [1.807, 2.05) is 10.8 Å². The number of aromatic nitrogens is 3. The first-order valence-corrected chi connectivity index (χ1v) is 6.31. The van der Waals surface area contributed by atoms with Crippen LogP contribution in [0.1, 0.15) is 16.2 Å². The Labute approximate surface area is 115 Å². The van der Waals surface area contributed by atoms with E-state index < -0.39 is 5.82 Å². The first-order chi connectivity index (χ1) is 9.69. The Bertz CT molecular complexity index is 654. The van der Waals surface area contributed by atoms with E-state index in [0.29, 0.717) is 25.5 Å². The van der Waals surface area contributed by atoms with Crippen LogP contribution in [0, 0.1) is 5.82 Å². The number of anilines is 1. The highest BCUT2D eigenvalue weighted by atomic mass is 19.1. The van der Waals surface area contributed by atoms with E-state index >= 15 is 0 Å². The summed E-state index contributed by atoms with van der Waals surface area (Å²) in [5.74, 6) is 0.451. The molecule has 2 aromatic rings. The minimum atomic E-state index is -0.522. The SMILES string of the molecule is CNc1ncc(F)cc1C(=O)N1CCn2ccnc2C1. The van der Waals surface area contributed by atoms with Gasteiger partial charge in [-0.15, -0.1) is 0 Å². The molecule has 0 spiro atoms. The number of amides is 1. The number of hydrogen-bond acceptors (Lipinski definition) is 4. The van der Waals surface area contributed by atoms with Gasteiger partial charge in [0, 0.05) is 32.5 Å². The van der Waals surface area contributed by atoms with Crippen molar-refractivity contribution in [3.8, 4) is 0 Å². The average Bonchev–Trinajstić information content (AvgIpc) is 2.93. The highest BCUT2D eigenvalue weighted by molar-refractivity contribution is 5.98. The maximum Gasteiger partial charge on any atom is 0.258 e. The summed E-state index contributed by atoms with van der Waals surface area (Å²) in [7, 11) is 1.65. The van der Waals surface area contributed by atoms with E-state index in [0.717, 1.165) is 12.0 Å². The molecule has 1 aliphatic heterocycles. The molecule has 0 saturated heterocycles. The summed E-state index contributed by atoms with van der Waals surface area (Å²) in [6.07, 6.45) is 4.69. The molecule has 0 unspecified atom stereocenters. The lowest BCUT2D eigenvalue weighted by atomic mass is 10.2. The van der Waals surface area contributed by atoms with Crippen LogP contribution in [0.15, 0.2) is 24.7 Å². The van der Waals surface area contributed by atoms with Crippen molar-refractivity contribution in [3.63, 3.8) is 0 Å². The second-order valence-corrected chi connectivity index (χ2v) is 4.56. The Morgan fingerprint density at radius 1 is 1.40 bits per heavy atom. The molecule has 3 heterocycles. The number of carbonyl (C=O) groups is 1. The van der Waals surface area contributed by atoms with Gasteiger partial charge in [0.1, 0.15) is 17.5 Å². The maximum absolute atomic E-state index is 13.3. The molecule has 3 rings (SSSR count). The molecule has 1 aliphatic rings. The molecule has 0 aliphatic carbocycles. The Kier molecular flexibility index (Phi) is 3.09. The number of carbonyl (C=O) groups excluding carboxylic acids is 1. The number of fused-ring (bicyclic) bond motifs is 1. The molecule has 7 heteroatoms. The number of nitrogens with zero attached hydrogens (tertiary/aromatic N) is 4. The molecule has 6 nitrogen and oxygen atoms in total.